The highest BCUT2D eigenvalue weighted by atomic mass is 32.2. The monoisotopic (exact) mass is 508 g/mol. The van der Waals surface area contributed by atoms with E-state index < -0.39 is 28.4 Å². The van der Waals surface area contributed by atoms with Gasteiger partial charge in [0.25, 0.3) is 21.8 Å². The molecule has 0 saturated heterocycles. The van der Waals surface area contributed by atoms with Crippen LogP contribution >= 0.6 is 0 Å². The van der Waals surface area contributed by atoms with Gasteiger partial charge in [0.05, 0.1) is 16.8 Å². The maximum atomic E-state index is 13.5. The molecular weight excluding hydrogens is 480 g/mol. The SMILES string of the molecule is Cc1ccc(S(=O)(=O)N(CC(=O)N/N=C\c2ccc(OCC(N)=O)cc2)c2ccc(C)cc2C)cc1. The molecular formula is C26H28N4O5S. The van der Waals surface area contributed by atoms with Crippen molar-refractivity contribution in [2.75, 3.05) is 17.5 Å². The lowest BCUT2D eigenvalue weighted by Gasteiger charge is -2.25. The van der Waals surface area contributed by atoms with E-state index in [0.29, 0.717) is 17.0 Å². The molecule has 3 aromatic rings. The Labute approximate surface area is 210 Å². The zero-order valence-electron chi connectivity index (χ0n) is 20.3. The van der Waals surface area contributed by atoms with E-state index in [9.17, 15) is 18.0 Å². The van der Waals surface area contributed by atoms with Crippen molar-refractivity contribution in [1.29, 1.82) is 0 Å². The fourth-order valence-corrected chi connectivity index (χ4v) is 4.86. The van der Waals surface area contributed by atoms with Gasteiger partial charge in [-0.15, -0.1) is 0 Å². The van der Waals surface area contributed by atoms with Crippen LogP contribution in [0.2, 0.25) is 0 Å². The number of carbonyl (C=O) groups excluding carboxylic acids is 2. The van der Waals surface area contributed by atoms with Gasteiger partial charge < -0.3 is 10.5 Å². The summed E-state index contributed by atoms with van der Waals surface area (Å²) in [6.45, 7) is 4.88. The molecule has 0 bridgehead atoms. The van der Waals surface area contributed by atoms with Crippen LogP contribution in [0.1, 0.15) is 22.3 Å². The van der Waals surface area contributed by atoms with E-state index in [1.165, 1.54) is 18.3 Å². The summed E-state index contributed by atoms with van der Waals surface area (Å²) >= 11 is 0. The predicted octanol–water partition coefficient (Wildman–Crippen LogP) is 2.82. The molecule has 2 amide bonds. The van der Waals surface area contributed by atoms with Crippen molar-refractivity contribution < 1.29 is 22.7 Å². The number of carbonyl (C=O) groups is 2. The van der Waals surface area contributed by atoms with Gasteiger partial charge in [0.2, 0.25) is 0 Å². The largest absolute Gasteiger partial charge is 0.484 e. The Balaban J connectivity index is 1.77. The van der Waals surface area contributed by atoms with Crippen LogP contribution in [0.5, 0.6) is 5.75 Å². The minimum Gasteiger partial charge on any atom is -0.484 e. The van der Waals surface area contributed by atoms with Crippen molar-refractivity contribution in [2.45, 2.75) is 25.7 Å². The molecule has 0 aromatic heterocycles. The molecule has 3 aromatic carbocycles. The smallest absolute Gasteiger partial charge is 0.264 e. The van der Waals surface area contributed by atoms with Crippen molar-refractivity contribution in [3.63, 3.8) is 0 Å². The Hall–Kier alpha value is -4.18. The number of nitrogens with two attached hydrogens (primary N) is 1. The molecule has 0 aliphatic rings. The number of hydrazone groups is 1. The average Bonchev–Trinajstić information content (AvgIpc) is 2.82. The third-order valence-corrected chi connectivity index (χ3v) is 6.96. The van der Waals surface area contributed by atoms with Gasteiger partial charge in [-0.1, -0.05) is 35.4 Å². The molecule has 0 heterocycles. The van der Waals surface area contributed by atoms with Crippen LogP contribution in [-0.2, 0) is 19.6 Å². The first kappa shape index (κ1) is 26.4. The Morgan fingerprint density at radius 2 is 1.61 bits per heavy atom. The minimum absolute atomic E-state index is 0.0861. The number of rotatable bonds is 10. The summed E-state index contributed by atoms with van der Waals surface area (Å²) in [5.41, 5.74) is 11.1. The summed E-state index contributed by atoms with van der Waals surface area (Å²) in [5.74, 6) is -0.730. The van der Waals surface area contributed by atoms with Crippen LogP contribution in [0.15, 0.2) is 76.7 Å². The quantitative estimate of drug-likeness (QED) is 0.321. The van der Waals surface area contributed by atoms with Crippen molar-refractivity contribution in [3.8, 4) is 5.75 Å². The molecule has 0 saturated carbocycles. The van der Waals surface area contributed by atoms with Crippen molar-refractivity contribution >= 4 is 33.7 Å². The summed E-state index contributed by atoms with van der Waals surface area (Å²) in [6.07, 6.45) is 1.41. The lowest BCUT2D eigenvalue weighted by atomic mass is 10.1. The molecule has 188 valence electrons. The lowest BCUT2D eigenvalue weighted by molar-refractivity contribution is -0.120. The van der Waals surface area contributed by atoms with Crippen LogP contribution < -0.4 is 20.2 Å². The molecule has 0 aliphatic carbocycles. The summed E-state index contributed by atoms with van der Waals surface area (Å²) in [6, 6.07) is 18.4. The van der Waals surface area contributed by atoms with Crippen molar-refractivity contribution in [2.24, 2.45) is 10.8 Å². The lowest BCUT2D eigenvalue weighted by Crippen LogP contribution is -2.40. The molecule has 0 spiro atoms. The van der Waals surface area contributed by atoms with Gasteiger partial charge >= 0.3 is 0 Å². The number of primary amides is 1. The third-order valence-electron chi connectivity index (χ3n) is 5.18. The zero-order chi connectivity index (χ0) is 26.3. The van der Waals surface area contributed by atoms with Crippen molar-refractivity contribution in [3.05, 3.63) is 89.0 Å². The molecule has 0 unspecified atom stereocenters. The number of nitrogens with one attached hydrogen (secondary N) is 1. The van der Waals surface area contributed by atoms with Crippen LogP contribution in [0, 0.1) is 20.8 Å². The second-order valence-corrected chi connectivity index (χ2v) is 10.1. The van der Waals surface area contributed by atoms with E-state index in [-0.39, 0.29) is 11.5 Å². The highest BCUT2D eigenvalue weighted by Crippen LogP contribution is 2.27. The zero-order valence-corrected chi connectivity index (χ0v) is 21.1. The number of amides is 2. The summed E-state index contributed by atoms with van der Waals surface area (Å²) in [5, 5.41) is 3.93. The number of benzene rings is 3. The fraction of sp³-hybridized carbons (Fsp3) is 0.192. The fourth-order valence-electron chi connectivity index (χ4n) is 3.37. The summed E-state index contributed by atoms with van der Waals surface area (Å²) < 4.78 is 33.3. The maximum Gasteiger partial charge on any atom is 0.264 e. The first-order valence-corrected chi connectivity index (χ1v) is 12.5. The molecule has 0 fully saturated rings. The van der Waals surface area contributed by atoms with E-state index in [1.807, 2.05) is 19.9 Å². The first-order valence-electron chi connectivity index (χ1n) is 11.1. The molecule has 0 aliphatic heterocycles. The van der Waals surface area contributed by atoms with Gasteiger partial charge in [-0.05, 0) is 74.4 Å². The minimum atomic E-state index is -4.02. The van der Waals surface area contributed by atoms with E-state index >= 15 is 0 Å². The number of sulfonamides is 1. The van der Waals surface area contributed by atoms with Gasteiger partial charge in [-0.25, -0.2) is 13.8 Å². The van der Waals surface area contributed by atoms with E-state index in [2.05, 4.69) is 10.5 Å². The normalized spacial score (nSPS) is 11.3. The Bertz CT molecular complexity index is 1370. The van der Waals surface area contributed by atoms with E-state index in [1.54, 1.807) is 55.5 Å². The number of hydrogen-bond acceptors (Lipinski definition) is 6. The highest BCUT2D eigenvalue weighted by molar-refractivity contribution is 7.92. The van der Waals surface area contributed by atoms with Gasteiger partial charge in [-0.2, -0.15) is 5.10 Å². The summed E-state index contributed by atoms with van der Waals surface area (Å²) in [4.78, 5) is 23.6. The van der Waals surface area contributed by atoms with Crippen molar-refractivity contribution in [1.82, 2.24) is 5.43 Å². The van der Waals surface area contributed by atoms with Crippen LogP contribution in [-0.4, -0.2) is 39.6 Å². The van der Waals surface area contributed by atoms with Crippen LogP contribution in [0.3, 0.4) is 0 Å². The molecule has 10 heteroatoms. The van der Waals surface area contributed by atoms with Crippen LogP contribution in [0.25, 0.3) is 0 Å². The third kappa shape index (κ3) is 6.92. The number of hydrogen-bond donors (Lipinski definition) is 2. The summed E-state index contributed by atoms with van der Waals surface area (Å²) in [7, 11) is -4.02. The highest BCUT2D eigenvalue weighted by Gasteiger charge is 2.28. The van der Waals surface area contributed by atoms with Gasteiger partial charge in [0.15, 0.2) is 6.61 Å². The molecule has 3 N–H and O–H groups in total. The van der Waals surface area contributed by atoms with E-state index in [0.717, 1.165) is 21.0 Å². The standard InChI is InChI=1S/C26H28N4O5S/c1-18-4-11-23(12-5-18)36(33,34)30(24-13-6-19(2)14-20(24)3)16-26(32)29-28-15-21-7-9-22(10-8-21)35-17-25(27)31/h4-15H,16-17H2,1-3H3,(H2,27,31)(H,29,32)/b28-15-. The molecule has 9 nitrogen and oxygen atoms in total. The average molecular weight is 509 g/mol. The van der Waals surface area contributed by atoms with Gasteiger partial charge in [-0.3, -0.25) is 13.9 Å². The Morgan fingerprint density at radius 1 is 0.972 bits per heavy atom. The second-order valence-electron chi connectivity index (χ2n) is 8.23. The topological polar surface area (TPSA) is 131 Å². The number of anilines is 1. The molecule has 36 heavy (non-hydrogen) atoms. The van der Waals surface area contributed by atoms with Crippen LogP contribution in [0.4, 0.5) is 5.69 Å². The second kappa shape index (κ2) is 11.5. The molecule has 0 radical (unpaired) electrons. The van der Waals surface area contributed by atoms with E-state index in [4.69, 9.17) is 10.5 Å². The Kier molecular flexibility index (Phi) is 8.44. The number of nitrogens with zero attached hydrogens (tertiary/aromatic N) is 2. The van der Waals surface area contributed by atoms with Gasteiger partial charge in [0.1, 0.15) is 12.3 Å². The number of aryl methyl sites for hydroxylation is 3. The molecule has 3 rings (SSSR count). The molecule has 0 atom stereocenters. The predicted molar refractivity (Wildman–Crippen MR) is 138 cm³/mol. The first-order chi connectivity index (χ1) is 17.1. The van der Waals surface area contributed by atoms with Gasteiger partial charge in [0, 0.05) is 0 Å². The Morgan fingerprint density at radius 3 is 2.22 bits per heavy atom. The maximum absolute atomic E-state index is 13.5. The number of ether oxygens (including phenoxy) is 1.